The topological polar surface area (TPSA) is 62.1 Å². The smallest absolute Gasteiger partial charge is 0.231 e. The van der Waals surface area contributed by atoms with Crippen LogP contribution in [0.3, 0.4) is 0 Å². The lowest BCUT2D eigenvalue weighted by molar-refractivity contribution is -0.120. The zero-order valence-corrected chi connectivity index (χ0v) is 17.3. The number of fused-ring (bicyclic) bond motifs is 3. The Balaban J connectivity index is 1.61. The minimum Gasteiger partial charge on any atom is -0.439 e. The molecule has 1 heterocycles. The van der Waals surface area contributed by atoms with Crippen molar-refractivity contribution in [3.05, 3.63) is 125 Å². The third-order valence-corrected chi connectivity index (χ3v) is 5.67. The number of carbonyl (C=O) groups excluding carboxylic acids is 1. The zero-order chi connectivity index (χ0) is 21.9. The van der Waals surface area contributed by atoms with Crippen molar-refractivity contribution >= 4 is 16.7 Å². The van der Waals surface area contributed by atoms with Crippen molar-refractivity contribution in [3.63, 3.8) is 0 Å². The minimum absolute atomic E-state index is 0.199. The first-order chi connectivity index (χ1) is 15.7. The monoisotopic (exact) mass is 416 g/mol. The Morgan fingerprint density at radius 1 is 0.875 bits per heavy atom. The number of ether oxygens (including phenoxy) is 1. The number of hydrogen-bond donors (Lipinski definition) is 1. The number of carbonyl (C=O) groups is 1. The number of benzene rings is 4. The maximum atomic E-state index is 12.8. The van der Waals surface area contributed by atoms with Gasteiger partial charge in [-0.25, -0.2) is 0 Å². The highest BCUT2D eigenvalue weighted by molar-refractivity contribution is 5.91. The number of hydrogen-bond acceptors (Lipinski definition) is 3. The van der Waals surface area contributed by atoms with Crippen molar-refractivity contribution in [1.82, 2.24) is 5.32 Å². The molecule has 0 fully saturated rings. The van der Waals surface area contributed by atoms with Gasteiger partial charge in [0, 0.05) is 10.9 Å². The molecule has 0 spiro atoms. The van der Waals surface area contributed by atoms with Crippen LogP contribution >= 0.6 is 0 Å². The van der Waals surface area contributed by atoms with Crippen molar-refractivity contribution in [2.45, 2.75) is 12.3 Å². The van der Waals surface area contributed by atoms with Crippen LogP contribution in [0.15, 0.2) is 109 Å². The summed E-state index contributed by atoms with van der Waals surface area (Å²) in [5, 5.41) is 14.9. The highest BCUT2D eigenvalue weighted by Gasteiger charge is 2.33. The fourth-order valence-corrected chi connectivity index (χ4v) is 4.20. The molecule has 1 aliphatic heterocycles. The first kappa shape index (κ1) is 19.6. The molecule has 1 atom stereocenters. The Kier molecular flexibility index (Phi) is 5.15. The van der Waals surface area contributed by atoms with E-state index in [1.54, 1.807) is 0 Å². The Morgan fingerprint density at radius 3 is 2.31 bits per heavy atom. The molecular weight excluding hydrogens is 396 g/mol. The summed E-state index contributed by atoms with van der Waals surface area (Å²) in [6, 6.07) is 33.7. The standard InChI is InChI=1S/C28H20N2O2/c29-18-24-26(21-12-5-2-6-13-21)23-16-15-20-11-7-8-14-22(20)27(23)32-28(24)30-25(31)17-19-9-3-1-4-10-19/h1-16,26H,17H2,(H,30,31). The molecule has 0 saturated heterocycles. The first-order valence-electron chi connectivity index (χ1n) is 10.5. The predicted molar refractivity (Wildman–Crippen MR) is 124 cm³/mol. The van der Waals surface area contributed by atoms with Crippen LogP contribution in [0, 0.1) is 11.3 Å². The van der Waals surface area contributed by atoms with E-state index in [4.69, 9.17) is 4.74 Å². The number of amides is 1. The fraction of sp³-hybridized carbons (Fsp3) is 0.0714. The molecule has 1 aliphatic rings. The van der Waals surface area contributed by atoms with Gasteiger partial charge in [0.1, 0.15) is 17.4 Å². The van der Waals surface area contributed by atoms with E-state index >= 15 is 0 Å². The molecule has 1 unspecified atom stereocenters. The van der Waals surface area contributed by atoms with Crippen molar-refractivity contribution in [2.24, 2.45) is 0 Å². The van der Waals surface area contributed by atoms with Gasteiger partial charge in [-0.05, 0) is 16.5 Å². The van der Waals surface area contributed by atoms with Crippen LogP contribution in [0.4, 0.5) is 0 Å². The van der Waals surface area contributed by atoms with Gasteiger partial charge < -0.3 is 4.74 Å². The van der Waals surface area contributed by atoms with Gasteiger partial charge in [-0.2, -0.15) is 5.26 Å². The molecule has 1 amide bonds. The van der Waals surface area contributed by atoms with E-state index in [0.717, 1.165) is 27.5 Å². The van der Waals surface area contributed by atoms with E-state index in [-0.39, 0.29) is 24.1 Å². The SMILES string of the molecule is N#CC1=C(NC(=O)Cc2ccccc2)Oc2c(ccc3ccccc23)C1c1ccccc1. The summed E-state index contributed by atoms with van der Waals surface area (Å²) in [4.78, 5) is 12.8. The Bertz CT molecular complexity index is 1370. The van der Waals surface area contributed by atoms with Crippen molar-refractivity contribution in [2.75, 3.05) is 0 Å². The predicted octanol–water partition coefficient (Wildman–Crippen LogP) is 5.46. The maximum absolute atomic E-state index is 12.8. The molecular formula is C28H20N2O2. The van der Waals surface area contributed by atoms with Crippen LogP contribution < -0.4 is 10.1 Å². The summed E-state index contributed by atoms with van der Waals surface area (Å²) in [6.45, 7) is 0. The number of nitrogens with one attached hydrogen (secondary N) is 1. The van der Waals surface area contributed by atoms with Crippen molar-refractivity contribution in [1.29, 1.82) is 5.26 Å². The van der Waals surface area contributed by atoms with Gasteiger partial charge in [0.05, 0.1) is 12.3 Å². The molecule has 32 heavy (non-hydrogen) atoms. The zero-order valence-electron chi connectivity index (χ0n) is 17.3. The second-order valence-corrected chi connectivity index (χ2v) is 7.72. The molecule has 0 aliphatic carbocycles. The Morgan fingerprint density at radius 2 is 1.56 bits per heavy atom. The highest BCUT2D eigenvalue weighted by Crippen LogP contribution is 2.45. The van der Waals surface area contributed by atoms with Crippen molar-refractivity contribution < 1.29 is 9.53 Å². The summed E-state index contributed by atoms with van der Waals surface area (Å²) in [7, 11) is 0. The average Bonchev–Trinajstić information content (AvgIpc) is 2.84. The lowest BCUT2D eigenvalue weighted by Gasteiger charge is -2.29. The number of nitrogens with zero attached hydrogens (tertiary/aromatic N) is 1. The molecule has 1 N–H and O–H groups in total. The molecule has 0 saturated carbocycles. The summed E-state index contributed by atoms with van der Waals surface area (Å²) in [5.74, 6) is 0.313. The van der Waals surface area contributed by atoms with Gasteiger partial charge >= 0.3 is 0 Å². The normalized spacial score (nSPS) is 14.9. The molecule has 5 rings (SSSR count). The molecule has 0 aromatic heterocycles. The van der Waals surface area contributed by atoms with E-state index < -0.39 is 0 Å². The molecule has 0 bridgehead atoms. The molecule has 4 heteroatoms. The summed E-state index contributed by atoms with van der Waals surface area (Å²) in [6.07, 6.45) is 0.199. The maximum Gasteiger partial charge on any atom is 0.231 e. The van der Waals surface area contributed by atoms with Gasteiger partial charge in [0.2, 0.25) is 11.8 Å². The highest BCUT2D eigenvalue weighted by atomic mass is 16.5. The van der Waals surface area contributed by atoms with Crippen LogP contribution in [0.1, 0.15) is 22.6 Å². The van der Waals surface area contributed by atoms with Gasteiger partial charge in [0.15, 0.2) is 0 Å². The minimum atomic E-state index is -0.332. The first-order valence-corrected chi connectivity index (χ1v) is 10.5. The molecule has 4 aromatic carbocycles. The second kappa shape index (κ2) is 8.41. The molecule has 154 valence electrons. The molecule has 4 aromatic rings. The number of rotatable bonds is 4. The van der Waals surface area contributed by atoms with Crippen LogP contribution in [0.25, 0.3) is 10.8 Å². The van der Waals surface area contributed by atoms with Gasteiger partial charge in [0.25, 0.3) is 0 Å². The average molecular weight is 416 g/mol. The van der Waals surface area contributed by atoms with E-state index in [2.05, 4.69) is 11.4 Å². The lowest BCUT2D eigenvalue weighted by atomic mass is 9.82. The molecule has 0 radical (unpaired) electrons. The number of allylic oxidation sites excluding steroid dienone is 1. The number of nitriles is 1. The van der Waals surface area contributed by atoms with Gasteiger partial charge in [-0.15, -0.1) is 0 Å². The Labute approximate surface area is 186 Å². The lowest BCUT2D eigenvalue weighted by Crippen LogP contribution is -2.32. The largest absolute Gasteiger partial charge is 0.439 e. The summed E-state index contributed by atoms with van der Waals surface area (Å²) < 4.78 is 6.23. The second-order valence-electron chi connectivity index (χ2n) is 7.72. The fourth-order valence-electron chi connectivity index (χ4n) is 4.20. The van der Waals surface area contributed by atoms with E-state index in [1.165, 1.54) is 0 Å². The summed E-state index contributed by atoms with van der Waals surface area (Å²) in [5.41, 5.74) is 3.16. The van der Waals surface area contributed by atoms with E-state index in [1.807, 2.05) is 97.1 Å². The molecule has 4 nitrogen and oxygen atoms in total. The Hall–Kier alpha value is -4.36. The van der Waals surface area contributed by atoms with Gasteiger partial charge in [-0.1, -0.05) is 97.1 Å². The quantitative estimate of drug-likeness (QED) is 0.481. The van der Waals surface area contributed by atoms with E-state index in [9.17, 15) is 10.1 Å². The van der Waals surface area contributed by atoms with Crippen LogP contribution in [0.2, 0.25) is 0 Å². The van der Waals surface area contributed by atoms with Crippen LogP contribution in [-0.4, -0.2) is 5.91 Å². The van der Waals surface area contributed by atoms with Crippen molar-refractivity contribution in [3.8, 4) is 11.8 Å². The van der Waals surface area contributed by atoms with E-state index in [0.29, 0.717) is 11.3 Å². The van der Waals surface area contributed by atoms with Crippen LogP contribution in [-0.2, 0) is 11.2 Å². The third-order valence-electron chi connectivity index (χ3n) is 5.67. The third kappa shape index (κ3) is 3.61. The van der Waals surface area contributed by atoms with Crippen LogP contribution in [0.5, 0.6) is 5.75 Å². The van der Waals surface area contributed by atoms with Gasteiger partial charge in [-0.3, -0.25) is 10.1 Å². The summed E-state index contributed by atoms with van der Waals surface area (Å²) >= 11 is 0.